The van der Waals surface area contributed by atoms with Gasteiger partial charge in [-0.25, -0.2) is 4.98 Å². The quantitative estimate of drug-likeness (QED) is 0.760. The zero-order valence-electron chi connectivity index (χ0n) is 9.70. The summed E-state index contributed by atoms with van der Waals surface area (Å²) in [5, 5.41) is 0. The first-order valence-corrected chi connectivity index (χ1v) is 5.59. The molecule has 0 radical (unpaired) electrons. The van der Waals surface area contributed by atoms with E-state index < -0.39 is 0 Å². The Labute approximate surface area is 90.9 Å². The number of rotatable bonds is 2. The van der Waals surface area contributed by atoms with Gasteiger partial charge in [-0.15, -0.1) is 0 Å². The van der Waals surface area contributed by atoms with Crippen molar-refractivity contribution >= 4 is 0 Å². The van der Waals surface area contributed by atoms with Crippen LogP contribution in [0.4, 0.5) is 0 Å². The second-order valence-corrected chi connectivity index (χ2v) is 4.71. The average Bonchev–Trinajstić information content (AvgIpc) is 2.63. The van der Waals surface area contributed by atoms with Crippen molar-refractivity contribution in [2.24, 2.45) is 11.7 Å². The van der Waals surface area contributed by atoms with E-state index >= 15 is 0 Å². The standard InChI is InChI=1S/C11H20N4/c1-7(2)11-10-9(13-6-14-10)4-8(5-12)15(11)3/h6-8,11H,4-5,12H2,1-3H3,(H,13,14). The molecule has 2 unspecified atom stereocenters. The lowest BCUT2D eigenvalue weighted by atomic mass is 9.90. The number of hydrogen-bond donors (Lipinski definition) is 2. The Morgan fingerprint density at radius 3 is 3.00 bits per heavy atom. The monoisotopic (exact) mass is 208 g/mol. The van der Waals surface area contributed by atoms with Crippen molar-refractivity contribution in [1.82, 2.24) is 14.9 Å². The summed E-state index contributed by atoms with van der Waals surface area (Å²) in [6.45, 7) is 5.18. The number of likely N-dealkylation sites (N-methyl/N-ethyl adjacent to an activating group) is 1. The molecule has 0 spiro atoms. The molecule has 1 aromatic rings. The van der Waals surface area contributed by atoms with Gasteiger partial charge < -0.3 is 10.7 Å². The van der Waals surface area contributed by atoms with Crippen molar-refractivity contribution in [1.29, 1.82) is 0 Å². The number of aromatic amines is 1. The van der Waals surface area contributed by atoms with E-state index in [2.05, 4.69) is 35.8 Å². The minimum atomic E-state index is 0.397. The van der Waals surface area contributed by atoms with E-state index in [0.717, 1.165) is 6.42 Å². The number of H-pyrrole nitrogens is 1. The molecule has 0 aliphatic carbocycles. The van der Waals surface area contributed by atoms with Gasteiger partial charge in [0.1, 0.15) is 0 Å². The summed E-state index contributed by atoms with van der Waals surface area (Å²) >= 11 is 0. The van der Waals surface area contributed by atoms with E-state index in [0.29, 0.717) is 24.5 Å². The van der Waals surface area contributed by atoms with Crippen LogP contribution in [0, 0.1) is 5.92 Å². The molecule has 2 atom stereocenters. The van der Waals surface area contributed by atoms with Gasteiger partial charge in [-0.2, -0.15) is 0 Å². The Hall–Kier alpha value is -0.870. The molecule has 1 aliphatic rings. The van der Waals surface area contributed by atoms with E-state index in [1.165, 1.54) is 11.4 Å². The maximum Gasteiger partial charge on any atom is 0.0925 e. The van der Waals surface area contributed by atoms with E-state index in [1.54, 1.807) is 6.33 Å². The fourth-order valence-electron chi connectivity index (χ4n) is 2.59. The molecule has 1 aliphatic heterocycles. The third kappa shape index (κ3) is 1.68. The first-order chi connectivity index (χ1) is 7.15. The summed E-state index contributed by atoms with van der Waals surface area (Å²) in [4.78, 5) is 10.0. The van der Waals surface area contributed by atoms with Crippen LogP contribution in [0.25, 0.3) is 0 Å². The molecule has 15 heavy (non-hydrogen) atoms. The second-order valence-electron chi connectivity index (χ2n) is 4.71. The second kappa shape index (κ2) is 3.94. The lowest BCUT2D eigenvalue weighted by Crippen LogP contribution is -2.46. The Kier molecular flexibility index (Phi) is 2.80. The topological polar surface area (TPSA) is 57.9 Å². The fourth-order valence-corrected chi connectivity index (χ4v) is 2.59. The van der Waals surface area contributed by atoms with Crippen LogP contribution in [0.2, 0.25) is 0 Å². The van der Waals surface area contributed by atoms with E-state index in [1.807, 2.05) is 0 Å². The summed E-state index contributed by atoms with van der Waals surface area (Å²) in [6, 6.07) is 0.832. The molecule has 0 fully saturated rings. The molecule has 0 saturated heterocycles. The number of hydrogen-bond acceptors (Lipinski definition) is 3. The SMILES string of the molecule is CC(C)C1c2nc[nH]c2CC(CN)N1C. The Morgan fingerprint density at radius 2 is 2.40 bits per heavy atom. The van der Waals surface area contributed by atoms with Gasteiger partial charge >= 0.3 is 0 Å². The summed E-state index contributed by atoms with van der Waals surface area (Å²) in [7, 11) is 2.15. The molecule has 2 heterocycles. The average molecular weight is 208 g/mol. The lowest BCUT2D eigenvalue weighted by Gasteiger charge is -2.40. The zero-order valence-corrected chi connectivity index (χ0v) is 9.70. The van der Waals surface area contributed by atoms with Crippen LogP contribution in [-0.4, -0.2) is 34.5 Å². The van der Waals surface area contributed by atoms with Gasteiger partial charge in [0.2, 0.25) is 0 Å². The van der Waals surface area contributed by atoms with E-state index in [4.69, 9.17) is 5.73 Å². The molecule has 3 N–H and O–H groups in total. The highest BCUT2D eigenvalue weighted by Crippen LogP contribution is 2.34. The van der Waals surface area contributed by atoms with Crippen molar-refractivity contribution in [2.75, 3.05) is 13.6 Å². The van der Waals surface area contributed by atoms with Crippen LogP contribution in [-0.2, 0) is 6.42 Å². The third-order valence-electron chi connectivity index (χ3n) is 3.39. The third-order valence-corrected chi connectivity index (χ3v) is 3.39. The highest BCUT2D eigenvalue weighted by Gasteiger charge is 2.34. The molecular weight excluding hydrogens is 188 g/mol. The van der Waals surface area contributed by atoms with Gasteiger partial charge in [-0.1, -0.05) is 13.8 Å². The number of imidazole rings is 1. The molecule has 0 saturated carbocycles. The molecule has 2 rings (SSSR count). The van der Waals surface area contributed by atoms with Crippen LogP contribution in [0.5, 0.6) is 0 Å². The summed E-state index contributed by atoms with van der Waals surface area (Å²) in [5.74, 6) is 0.561. The number of aromatic nitrogens is 2. The van der Waals surface area contributed by atoms with Crippen LogP contribution in [0.3, 0.4) is 0 Å². The van der Waals surface area contributed by atoms with Crippen molar-refractivity contribution in [3.05, 3.63) is 17.7 Å². The molecular formula is C11H20N4. The molecule has 0 amide bonds. The predicted octanol–water partition coefficient (Wildman–Crippen LogP) is 0.922. The number of nitrogens with two attached hydrogens (primary N) is 1. The summed E-state index contributed by atoms with van der Waals surface area (Å²) in [5.41, 5.74) is 8.28. The van der Waals surface area contributed by atoms with Gasteiger partial charge in [0.05, 0.1) is 18.1 Å². The minimum absolute atomic E-state index is 0.397. The number of nitrogens with zero attached hydrogens (tertiary/aromatic N) is 2. The van der Waals surface area contributed by atoms with Gasteiger partial charge in [0.25, 0.3) is 0 Å². The van der Waals surface area contributed by atoms with Crippen molar-refractivity contribution in [3.8, 4) is 0 Å². The molecule has 84 valence electrons. The van der Waals surface area contributed by atoms with E-state index in [9.17, 15) is 0 Å². The van der Waals surface area contributed by atoms with Gasteiger partial charge in [0, 0.05) is 24.7 Å². The highest BCUT2D eigenvalue weighted by atomic mass is 15.2. The molecule has 1 aromatic heterocycles. The van der Waals surface area contributed by atoms with Crippen molar-refractivity contribution in [3.63, 3.8) is 0 Å². The molecule has 0 aromatic carbocycles. The zero-order chi connectivity index (χ0) is 11.0. The van der Waals surface area contributed by atoms with E-state index in [-0.39, 0.29) is 0 Å². The van der Waals surface area contributed by atoms with Gasteiger partial charge in [-0.3, -0.25) is 4.90 Å². The first kappa shape index (κ1) is 10.6. The van der Waals surface area contributed by atoms with Crippen LogP contribution in [0.15, 0.2) is 6.33 Å². The predicted molar refractivity (Wildman–Crippen MR) is 60.5 cm³/mol. The highest BCUT2D eigenvalue weighted by molar-refractivity contribution is 5.21. The van der Waals surface area contributed by atoms with Gasteiger partial charge in [0.15, 0.2) is 0 Å². The smallest absolute Gasteiger partial charge is 0.0925 e. The van der Waals surface area contributed by atoms with Crippen molar-refractivity contribution in [2.45, 2.75) is 32.4 Å². The minimum Gasteiger partial charge on any atom is -0.348 e. The summed E-state index contributed by atoms with van der Waals surface area (Å²) < 4.78 is 0. The largest absolute Gasteiger partial charge is 0.348 e. The molecule has 0 bridgehead atoms. The van der Waals surface area contributed by atoms with Gasteiger partial charge in [-0.05, 0) is 13.0 Å². The van der Waals surface area contributed by atoms with Crippen LogP contribution in [0.1, 0.15) is 31.3 Å². The number of fused-ring (bicyclic) bond motifs is 1. The Morgan fingerprint density at radius 1 is 1.67 bits per heavy atom. The molecule has 4 nitrogen and oxygen atoms in total. The molecule has 4 heteroatoms. The maximum absolute atomic E-state index is 5.81. The van der Waals surface area contributed by atoms with Crippen molar-refractivity contribution < 1.29 is 0 Å². The van der Waals surface area contributed by atoms with Crippen LogP contribution >= 0.6 is 0 Å². The lowest BCUT2D eigenvalue weighted by molar-refractivity contribution is 0.119. The fraction of sp³-hybridized carbons (Fsp3) is 0.727. The maximum atomic E-state index is 5.81. The Balaban J connectivity index is 2.37. The number of nitrogens with one attached hydrogen (secondary N) is 1. The first-order valence-electron chi connectivity index (χ1n) is 5.59. The normalized spacial score (nSPS) is 27.0. The summed E-state index contributed by atoms with van der Waals surface area (Å²) in [6.07, 6.45) is 2.79. The van der Waals surface area contributed by atoms with Crippen LogP contribution < -0.4 is 5.73 Å². The Bertz CT molecular complexity index is 331.